The molecule has 176 valence electrons. The van der Waals surface area contributed by atoms with Gasteiger partial charge < -0.3 is 10.4 Å². The standard InChI is InChI=1S/C24H28F3NO2S.CH4/c25-24(26,27)22-14-18(8-11-21(22)19-4-2-1-3-5-19)16-31-20-9-6-17(7-10-20)15-28-13-12-23(29)30;/h6-11,14,19,28H,1-5,12-13,15-16H2,(H,29,30);1H4. The summed E-state index contributed by atoms with van der Waals surface area (Å²) >= 11 is 1.51. The maximum absolute atomic E-state index is 13.7. The number of aliphatic carboxylic acids is 1. The van der Waals surface area contributed by atoms with Crippen LogP contribution in [0.1, 0.15) is 74.1 Å². The zero-order chi connectivity index (χ0) is 22.3. The molecule has 0 saturated heterocycles. The average Bonchev–Trinajstić information content (AvgIpc) is 2.76. The molecule has 2 N–H and O–H groups in total. The maximum atomic E-state index is 13.7. The van der Waals surface area contributed by atoms with Crippen molar-refractivity contribution in [1.29, 1.82) is 0 Å². The average molecular weight is 468 g/mol. The van der Waals surface area contributed by atoms with Gasteiger partial charge in [0, 0.05) is 23.7 Å². The van der Waals surface area contributed by atoms with E-state index < -0.39 is 17.7 Å². The molecule has 2 aromatic rings. The lowest BCUT2D eigenvalue weighted by atomic mass is 9.81. The number of nitrogens with one attached hydrogen (secondary N) is 1. The van der Waals surface area contributed by atoms with Gasteiger partial charge in [-0.1, -0.05) is 51.0 Å². The van der Waals surface area contributed by atoms with Crippen molar-refractivity contribution in [3.05, 3.63) is 64.7 Å². The molecule has 0 aliphatic heterocycles. The Hall–Kier alpha value is -1.99. The van der Waals surface area contributed by atoms with Gasteiger partial charge >= 0.3 is 12.1 Å². The Balaban J connectivity index is 0.00000363. The summed E-state index contributed by atoms with van der Waals surface area (Å²) in [5, 5.41) is 11.7. The fraction of sp³-hybridized carbons (Fsp3) is 0.480. The summed E-state index contributed by atoms with van der Waals surface area (Å²) < 4.78 is 41.2. The topological polar surface area (TPSA) is 49.3 Å². The Morgan fingerprint density at radius 2 is 1.69 bits per heavy atom. The lowest BCUT2D eigenvalue weighted by Crippen LogP contribution is -2.17. The number of alkyl halides is 3. The van der Waals surface area contributed by atoms with Gasteiger partial charge in [-0.15, -0.1) is 11.8 Å². The molecule has 3 nitrogen and oxygen atoms in total. The highest BCUT2D eigenvalue weighted by Gasteiger charge is 2.35. The van der Waals surface area contributed by atoms with Crippen LogP contribution in [-0.4, -0.2) is 17.6 Å². The Bertz CT molecular complexity index is 862. The van der Waals surface area contributed by atoms with Crippen LogP contribution in [0.2, 0.25) is 0 Å². The summed E-state index contributed by atoms with van der Waals surface area (Å²) in [4.78, 5) is 11.5. The van der Waals surface area contributed by atoms with Gasteiger partial charge in [-0.05, 0) is 53.6 Å². The minimum atomic E-state index is -4.33. The molecule has 0 bridgehead atoms. The first-order valence-electron chi connectivity index (χ1n) is 10.7. The molecule has 0 heterocycles. The number of rotatable bonds is 9. The summed E-state index contributed by atoms with van der Waals surface area (Å²) in [6, 6.07) is 12.7. The number of hydrogen-bond acceptors (Lipinski definition) is 3. The molecule has 0 radical (unpaired) electrons. The lowest BCUT2D eigenvalue weighted by Gasteiger charge is -2.25. The number of carbonyl (C=O) groups is 1. The second-order valence-corrected chi connectivity index (χ2v) is 9.06. The van der Waals surface area contributed by atoms with E-state index in [9.17, 15) is 18.0 Å². The van der Waals surface area contributed by atoms with E-state index in [1.54, 1.807) is 6.07 Å². The monoisotopic (exact) mass is 467 g/mol. The van der Waals surface area contributed by atoms with Crippen LogP contribution < -0.4 is 5.32 Å². The summed E-state index contributed by atoms with van der Waals surface area (Å²) in [5.41, 5.74) is 1.70. The number of benzene rings is 2. The van der Waals surface area contributed by atoms with Crippen LogP contribution in [0.15, 0.2) is 47.4 Å². The van der Waals surface area contributed by atoms with E-state index >= 15 is 0 Å². The third kappa shape index (κ3) is 7.85. The number of carboxylic acids is 1. The molecule has 32 heavy (non-hydrogen) atoms. The Morgan fingerprint density at radius 1 is 1.03 bits per heavy atom. The van der Waals surface area contributed by atoms with Crippen LogP contribution in [0.3, 0.4) is 0 Å². The zero-order valence-corrected chi connectivity index (χ0v) is 18.2. The summed E-state index contributed by atoms with van der Waals surface area (Å²) in [6.07, 6.45) is 0.554. The van der Waals surface area contributed by atoms with E-state index in [0.717, 1.165) is 42.6 Å². The van der Waals surface area contributed by atoms with Gasteiger partial charge in [0.25, 0.3) is 0 Å². The van der Waals surface area contributed by atoms with E-state index in [4.69, 9.17) is 5.11 Å². The van der Waals surface area contributed by atoms with Crippen LogP contribution in [-0.2, 0) is 23.3 Å². The molecule has 1 aliphatic carbocycles. The molecule has 1 saturated carbocycles. The van der Waals surface area contributed by atoms with Gasteiger partial charge in [0.05, 0.1) is 12.0 Å². The second kappa shape index (κ2) is 12.3. The lowest BCUT2D eigenvalue weighted by molar-refractivity contribution is -0.138. The quantitative estimate of drug-likeness (QED) is 0.301. The number of carboxylic acid groups (broad SMARTS) is 1. The van der Waals surface area contributed by atoms with Gasteiger partial charge in [0.15, 0.2) is 0 Å². The van der Waals surface area contributed by atoms with Crippen molar-refractivity contribution in [1.82, 2.24) is 5.32 Å². The first-order chi connectivity index (χ1) is 14.8. The first kappa shape index (κ1) is 26.3. The van der Waals surface area contributed by atoms with Crippen LogP contribution in [0.5, 0.6) is 0 Å². The predicted octanol–water partition coefficient (Wildman–Crippen LogP) is 7.25. The van der Waals surface area contributed by atoms with Crippen molar-refractivity contribution < 1.29 is 23.1 Å². The molecule has 0 atom stereocenters. The molecule has 0 amide bonds. The minimum absolute atomic E-state index is 0. The highest BCUT2D eigenvalue weighted by Crippen LogP contribution is 2.41. The Kier molecular flexibility index (Phi) is 10.1. The Labute approximate surface area is 192 Å². The molecule has 0 spiro atoms. The van der Waals surface area contributed by atoms with Gasteiger partial charge in [-0.25, -0.2) is 0 Å². The molecule has 0 aromatic heterocycles. The number of halogens is 3. The van der Waals surface area contributed by atoms with E-state index in [1.165, 1.54) is 17.8 Å². The molecule has 3 rings (SSSR count). The highest BCUT2D eigenvalue weighted by molar-refractivity contribution is 7.98. The normalized spacial score (nSPS) is 14.7. The van der Waals surface area contributed by atoms with Crippen LogP contribution in [0, 0.1) is 0 Å². The fourth-order valence-corrected chi connectivity index (χ4v) is 4.85. The van der Waals surface area contributed by atoms with E-state index in [0.29, 0.717) is 30.0 Å². The maximum Gasteiger partial charge on any atom is 0.416 e. The van der Waals surface area contributed by atoms with Crippen molar-refractivity contribution >= 4 is 17.7 Å². The van der Waals surface area contributed by atoms with Crippen molar-refractivity contribution in [2.75, 3.05) is 6.54 Å². The fourth-order valence-electron chi connectivity index (χ4n) is 4.01. The molecule has 1 fully saturated rings. The van der Waals surface area contributed by atoms with Crippen molar-refractivity contribution in [3.8, 4) is 0 Å². The van der Waals surface area contributed by atoms with Crippen LogP contribution in [0.25, 0.3) is 0 Å². The highest BCUT2D eigenvalue weighted by atomic mass is 32.2. The van der Waals surface area contributed by atoms with Crippen LogP contribution >= 0.6 is 11.8 Å². The molecular formula is C25H32F3NO2S. The second-order valence-electron chi connectivity index (χ2n) is 8.01. The van der Waals surface area contributed by atoms with Crippen LogP contribution in [0.4, 0.5) is 13.2 Å². The summed E-state index contributed by atoms with van der Waals surface area (Å²) in [6.45, 7) is 0.986. The molecule has 7 heteroatoms. The summed E-state index contributed by atoms with van der Waals surface area (Å²) in [5.74, 6) is -0.340. The minimum Gasteiger partial charge on any atom is -0.481 e. The largest absolute Gasteiger partial charge is 0.481 e. The summed E-state index contributed by atoms with van der Waals surface area (Å²) in [7, 11) is 0. The van der Waals surface area contributed by atoms with E-state index in [-0.39, 0.29) is 19.8 Å². The van der Waals surface area contributed by atoms with E-state index in [2.05, 4.69) is 5.32 Å². The molecule has 2 aromatic carbocycles. The molecule has 0 unspecified atom stereocenters. The third-order valence-corrected chi connectivity index (χ3v) is 6.72. The van der Waals surface area contributed by atoms with Gasteiger partial charge in [-0.3, -0.25) is 4.79 Å². The number of hydrogen-bond donors (Lipinski definition) is 2. The Morgan fingerprint density at radius 3 is 2.31 bits per heavy atom. The smallest absolute Gasteiger partial charge is 0.416 e. The molecule has 1 aliphatic rings. The zero-order valence-electron chi connectivity index (χ0n) is 17.4. The van der Waals surface area contributed by atoms with Gasteiger partial charge in [0.2, 0.25) is 0 Å². The third-order valence-electron chi connectivity index (χ3n) is 5.64. The van der Waals surface area contributed by atoms with E-state index in [1.807, 2.05) is 30.3 Å². The predicted molar refractivity (Wildman–Crippen MR) is 124 cm³/mol. The van der Waals surface area contributed by atoms with Gasteiger partial charge in [0.1, 0.15) is 0 Å². The first-order valence-corrected chi connectivity index (χ1v) is 11.7. The van der Waals surface area contributed by atoms with Crippen molar-refractivity contribution in [2.45, 2.75) is 75.2 Å². The van der Waals surface area contributed by atoms with Crippen molar-refractivity contribution in [3.63, 3.8) is 0 Å². The number of thioether (sulfide) groups is 1. The van der Waals surface area contributed by atoms with Crippen molar-refractivity contribution in [2.24, 2.45) is 0 Å². The van der Waals surface area contributed by atoms with Gasteiger partial charge in [-0.2, -0.15) is 13.2 Å². The molecular weight excluding hydrogens is 435 g/mol. The SMILES string of the molecule is C.O=C(O)CCNCc1ccc(SCc2ccc(C3CCCCC3)c(C(F)(F)F)c2)cc1.